The van der Waals surface area contributed by atoms with Crippen LogP contribution in [-0.4, -0.2) is 24.0 Å². The van der Waals surface area contributed by atoms with Crippen LogP contribution in [0.25, 0.3) is 0 Å². The van der Waals surface area contributed by atoms with Crippen LogP contribution in [0.4, 0.5) is 0 Å². The van der Waals surface area contributed by atoms with Crippen LogP contribution in [0.1, 0.15) is 52.0 Å². The Morgan fingerprint density at radius 2 is 1.35 bits per heavy atom. The number of hydrogen-bond acceptors (Lipinski definition) is 7. The summed E-state index contributed by atoms with van der Waals surface area (Å²) >= 11 is 0. The number of nitrogens with zero attached hydrogens (tertiary/aromatic N) is 2. The molecule has 4 aromatic rings. The summed E-state index contributed by atoms with van der Waals surface area (Å²) in [7, 11) is 0. The zero-order chi connectivity index (χ0) is 30.6. The van der Waals surface area contributed by atoms with E-state index in [4.69, 9.17) is 14.2 Å². The lowest BCUT2D eigenvalue weighted by molar-refractivity contribution is -0.147. The summed E-state index contributed by atoms with van der Waals surface area (Å²) in [5, 5.41) is 22.1. The topological polar surface area (TPSA) is 121 Å². The summed E-state index contributed by atoms with van der Waals surface area (Å²) in [6.45, 7) is 4.01. The number of rotatable bonds is 12. The molecule has 1 amide bonds. The number of esters is 1. The normalized spacial score (nSPS) is 11.1. The Morgan fingerprint density at radius 3 is 1.98 bits per heavy atom. The fourth-order valence-electron chi connectivity index (χ4n) is 4.27. The van der Waals surface area contributed by atoms with Crippen LogP contribution >= 0.6 is 0 Å². The zero-order valence-corrected chi connectivity index (χ0v) is 23.9. The van der Waals surface area contributed by atoms with Crippen LogP contribution in [-0.2, 0) is 29.2 Å². The van der Waals surface area contributed by atoms with E-state index < -0.39 is 17.9 Å². The minimum atomic E-state index is -1.07. The van der Waals surface area contributed by atoms with Crippen LogP contribution in [0.5, 0.6) is 11.5 Å². The van der Waals surface area contributed by atoms with E-state index >= 15 is 0 Å². The largest absolute Gasteiger partial charge is 0.490 e. The summed E-state index contributed by atoms with van der Waals surface area (Å²) in [6.07, 6.45) is -0.0869. The molecule has 0 fully saturated rings. The van der Waals surface area contributed by atoms with Gasteiger partial charge in [-0.25, -0.2) is 4.79 Å². The van der Waals surface area contributed by atoms with Gasteiger partial charge in [-0.15, -0.1) is 0 Å². The smallest absolute Gasteiger partial charge is 0.329 e. The van der Waals surface area contributed by atoms with Crippen molar-refractivity contribution in [2.75, 3.05) is 0 Å². The molecule has 0 saturated heterocycles. The quantitative estimate of drug-likeness (QED) is 0.210. The van der Waals surface area contributed by atoms with Crippen LogP contribution in [0.2, 0.25) is 0 Å². The van der Waals surface area contributed by atoms with Crippen LogP contribution < -0.4 is 14.8 Å². The number of ether oxygens (including phenoxy) is 3. The molecule has 4 aromatic carbocycles. The van der Waals surface area contributed by atoms with Gasteiger partial charge in [0.15, 0.2) is 0 Å². The van der Waals surface area contributed by atoms with Gasteiger partial charge in [-0.1, -0.05) is 66.7 Å². The van der Waals surface area contributed by atoms with Crippen molar-refractivity contribution in [2.45, 2.75) is 45.6 Å². The Hall–Kier alpha value is -5.60. The number of nitrogens with one attached hydrogen (secondary N) is 1. The molecule has 8 nitrogen and oxygen atoms in total. The first-order valence-electron chi connectivity index (χ1n) is 13.8. The van der Waals surface area contributed by atoms with Gasteiger partial charge in [0.2, 0.25) is 0 Å². The summed E-state index contributed by atoms with van der Waals surface area (Å²) in [6, 6.07) is 31.5. The van der Waals surface area contributed by atoms with Crippen molar-refractivity contribution in [2.24, 2.45) is 0 Å². The summed E-state index contributed by atoms with van der Waals surface area (Å²) in [5.41, 5.74) is 3.08. The maximum atomic E-state index is 13.3. The van der Waals surface area contributed by atoms with E-state index in [1.807, 2.05) is 74.5 Å². The van der Waals surface area contributed by atoms with Gasteiger partial charge in [-0.05, 0) is 60.9 Å². The number of benzene rings is 4. The van der Waals surface area contributed by atoms with E-state index in [2.05, 4.69) is 17.5 Å². The van der Waals surface area contributed by atoms with E-state index in [1.165, 1.54) is 12.1 Å². The number of hydrogen-bond donors (Lipinski definition) is 1. The number of carbonyl (C=O) groups excluding carboxylic acids is 2. The van der Waals surface area contributed by atoms with Crippen molar-refractivity contribution in [1.29, 1.82) is 10.5 Å². The predicted molar refractivity (Wildman–Crippen MR) is 160 cm³/mol. The van der Waals surface area contributed by atoms with Crippen molar-refractivity contribution < 1.29 is 23.8 Å². The first-order valence-corrected chi connectivity index (χ1v) is 13.8. The Kier molecular flexibility index (Phi) is 10.5. The van der Waals surface area contributed by atoms with Crippen molar-refractivity contribution in [3.05, 3.63) is 130 Å². The Labute approximate surface area is 251 Å². The average molecular weight is 574 g/mol. The number of amides is 1. The molecule has 1 atom stereocenters. The SMILES string of the molecule is CC(C)Oc1ccc(C(=O)NC(Cc2ccc(OCc3ccccc3)c(C#N)c2)C(=O)OCc2ccccc2)cc1C#N. The lowest BCUT2D eigenvalue weighted by Crippen LogP contribution is -2.43. The van der Waals surface area contributed by atoms with Crippen molar-refractivity contribution >= 4 is 11.9 Å². The highest BCUT2D eigenvalue weighted by atomic mass is 16.5. The highest BCUT2D eigenvalue weighted by Gasteiger charge is 2.25. The maximum absolute atomic E-state index is 13.3. The molecule has 8 heteroatoms. The molecular weight excluding hydrogens is 542 g/mol. The van der Waals surface area contributed by atoms with Crippen molar-refractivity contribution in [3.8, 4) is 23.6 Å². The van der Waals surface area contributed by atoms with E-state index in [9.17, 15) is 20.1 Å². The van der Waals surface area contributed by atoms with E-state index in [1.54, 1.807) is 24.3 Å². The minimum Gasteiger partial charge on any atom is -0.490 e. The Balaban J connectivity index is 1.53. The molecular formula is C35H31N3O5. The molecule has 4 rings (SSSR count). The average Bonchev–Trinajstić information content (AvgIpc) is 3.03. The third kappa shape index (κ3) is 8.69. The summed E-state index contributed by atoms with van der Waals surface area (Å²) in [4.78, 5) is 26.5. The van der Waals surface area contributed by atoms with Crippen LogP contribution in [0.15, 0.2) is 97.1 Å². The fraction of sp³-hybridized carbons (Fsp3) is 0.200. The Bertz CT molecular complexity index is 1640. The Morgan fingerprint density at radius 1 is 0.744 bits per heavy atom. The van der Waals surface area contributed by atoms with E-state index in [-0.39, 0.29) is 30.3 Å². The molecule has 0 aliphatic carbocycles. The molecule has 0 aliphatic rings. The van der Waals surface area contributed by atoms with Gasteiger partial charge in [0.25, 0.3) is 5.91 Å². The van der Waals surface area contributed by atoms with E-state index in [0.717, 1.165) is 11.1 Å². The van der Waals surface area contributed by atoms with Gasteiger partial charge in [-0.3, -0.25) is 4.79 Å². The monoisotopic (exact) mass is 573 g/mol. The molecule has 1 N–H and O–H groups in total. The zero-order valence-electron chi connectivity index (χ0n) is 23.9. The van der Waals surface area contributed by atoms with Crippen molar-refractivity contribution in [1.82, 2.24) is 5.32 Å². The second kappa shape index (κ2) is 14.9. The van der Waals surface area contributed by atoms with Gasteiger partial charge in [0, 0.05) is 12.0 Å². The molecule has 0 bridgehead atoms. The van der Waals surface area contributed by atoms with Crippen LogP contribution in [0.3, 0.4) is 0 Å². The maximum Gasteiger partial charge on any atom is 0.329 e. The summed E-state index contributed by atoms with van der Waals surface area (Å²) in [5.74, 6) is -0.417. The van der Waals surface area contributed by atoms with Gasteiger partial charge in [0.05, 0.1) is 17.2 Å². The highest BCUT2D eigenvalue weighted by Crippen LogP contribution is 2.23. The third-order valence-electron chi connectivity index (χ3n) is 6.38. The van der Waals surface area contributed by atoms with E-state index in [0.29, 0.717) is 29.2 Å². The van der Waals surface area contributed by atoms with Crippen molar-refractivity contribution in [3.63, 3.8) is 0 Å². The second-order valence-corrected chi connectivity index (χ2v) is 10.0. The lowest BCUT2D eigenvalue weighted by Gasteiger charge is -2.19. The highest BCUT2D eigenvalue weighted by molar-refractivity contribution is 5.97. The molecule has 0 aromatic heterocycles. The lowest BCUT2D eigenvalue weighted by atomic mass is 10.0. The standard InChI is InChI=1S/C35H31N3O5/c1-24(2)43-33-16-14-28(19-30(33)21-37)34(39)38-31(35(40)42-23-26-11-7-4-8-12-26)18-27-13-15-32(29(17-27)20-36)41-22-25-9-5-3-6-10-25/h3-17,19,24,31H,18,22-23H2,1-2H3,(H,38,39). The molecule has 0 spiro atoms. The molecule has 0 radical (unpaired) electrons. The molecule has 216 valence electrons. The van der Waals surface area contributed by atoms with Gasteiger partial charge >= 0.3 is 5.97 Å². The molecule has 0 aliphatic heterocycles. The van der Waals surface area contributed by atoms with Gasteiger partial charge < -0.3 is 19.5 Å². The fourth-order valence-corrected chi connectivity index (χ4v) is 4.27. The minimum absolute atomic E-state index is 0.0293. The number of nitriles is 2. The number of carbonyl (C=O) groups is 2. The first kappa shape index (κ1) is 30.4. The second-order valence-electron chi connectivity index (χ2n) is 10.0. The predicted octanol–water partition coefficient (Wildman–Crippen LogP) is 5.88. The third-order valence-corrected chi connectivity index (χ3v) is 6.38. The summed E-state index contributed by atoms with van der Waals surface area (Å²) < 4.78 is 17.1. The molecule has 1 unspecified atom stereocenters. The molecule has 0 heterocycles. The molecule has 0 saturated carbocycles. The molecule has 43 heavy (non-hydrogen) atoms. The van der Waals surface area contributed by atoms with Crippen LogP contribution in [0, 0.1) is 22.7 Å². The van der Waals surface area contributed by atoms with Gasteiger partial charge in [0.1, 0.15) is 42.9 Å². The first-order chi connectivity index (χ1) is 20.9. The van der Waals surface area contributed by atoms with Gasteiger partial charge in [-0.2, -0.15) is 10.5 Å².